The first-order valence-corrected chi connectivity index (χ1v) is 10.3. The van der Waals surface area contributed by atoms with Gasteiger partial charge in [0, 0.05) is 23.0 Å². The molecule has 0 bridgehead atoms. The van der Waals surface area contributed by atoms with Crippen LogP contribution in [0.4, 0.5) is 5.69 Å². The third kappa shape index (κ3) is 3.11. The third-order valence-electron chi connectivity index (χ3n) is 6.07. The number of amides is 1. The molecule has 0 spiro atoms. The summed E-state index contributed by atoms with van der Waals surface area (Å²) in [5.74, 6) is 0.122. The minimum absolute atomic E-state index is 0.122. The number of hydrogen-bond acceptors (Lipinski definition) is 3. The van der Waals surface area contributed by atoms with Crippen LogP contribution in [0.3, 0.4) is 0 Å². The molecule has 1 aliphatic carbocycles. The minimum Gasteiger partial charge on any atom is -0.361 e. The number of hydrogen-bond donors (Lipinski definition) is 1. The highest BCUT2D eigenvalue weighted by atomic mass is 16.2. The molecule has 1 fully saturated rings. The van der Waals surface area contributed by atoms with Gasteiger partial charge in [-0.15, -0.1) is 0 Å². The molecule has 1 atom stereocenters. The average Bonchev–Trinajstić information content (AvgIpc) is 3.50. The number of aryl methyl sites for hydroxylation is 2. The van der Waals surface area contributed by atoms with E-state index in [0.717, 1.165) is 47.6 Å². The zero-order valence-corrected chi connectivity index (χ0v) is 17.1. The summed E-state index contributed by atoms with van der Waals surface area (Å²) in [7, 11) is 0. The predicted octanol–water partition coefficient (Wildman–Crippen LogP) is 4.59. The van der Waals surface area contributed by atoms with Gasteiger partial charge in [-0.3, -0.25) is 9.48 Å². The second kappa shape index (κ2) is 6.76. The van der Waals surface area contributed by atoms with Gasteiger partial charge >= 0.3 is 0 Å². The van der Waals surface area contributed by atoms with Crippen LogP contribution < -0.4 is 5.32 Å². The van der Waals surface area contributed by atoms with Gasteiger partial charge in [0.2, 0.25) is 0 Å². The summed E-state index contributed by atoms with van der Waals surface area (Å²) in [5.41, 5.74) is 7.36. The first kappa shape index (κ1) is 18.0. The van der Waals surface area contributed by atoms with Gasteiger partial charge in [0.05, 0.1) is 17.8 Å². The number of carbonyl (C=O) groups excluding carboxylic acids is 1. The monoisotopic (exact) mass is 386 g/mol. The first-order valence-electron chi connectivity index (χ1n) is 10.3. The van der Waals surface area contributed by atoms with E-state index >= 15 is 0 Å². The van der Waals surface area contributed by atoms with Gasteiger partial charge in [-0.1, -0.05) is 42.0 Å². The molecule has 1 aromatic heterocycles. The zero-order valence-electron chi connectivity index (χ0n) is 17.1. The minimum atomic E-state index is -0.170. The fourth-order valence-electron chi connectivity index (χ4n) is 4.34. The molecule has 1 saturated carbocycles. The molecule has 2 aliphatic rings. The lowest BCUT2D eigenvalue weighted by Crippen LogP contribution is -2.44. The molecule has 148 valence electrons. The number of anilines is 1. The van der Waals surface area contributed by atoms with Gasteiger partial charge in [-0.2, -0.15) is 5.10 Å². The highest BCUT2D eigenvalue weighted by molar-refractivity contribution is 6.02. The second-order valence-electron chi connectivity index (χ2n) is 8.26. The van der Waals surface area contributed by atoms with Gasteiger partial charge in [0.15, 0.2) is 0 Å². The Bertz CT molecular complexity index is 1080. The van der Waals surface area contributed by atoms with Crippen LogP contribution in [0.25, 0.3) is 0 Å². The maximum Gasteiger partial charge on any atom is 0.258 e. The van der Waals surface area contributed by atoms with E-state index in [1.165, 1.54) is 11.1 Å². The molecule has 2 aromatic carbocycles. The van der Waals surface area contributed by atoms with Crippen molar-refractivity contribution in [1.29, 1.82) is 0 Å². The predicted molar refractivity (Wildman–Crippen MR) is 114 cm³/mol. The van der Waals surface area contributed by atoms with Crippen molar-refractivity contribution in [3.05, 3.63) is 82.2 Å². The van der Waals surface area contributed by atoms with E-state index in [9.17, 15) is 4.79 Å². The van der Waals surface area contributed by atoms with Crippen LogP contribution >= 0.6 is 0 Å². The van der Waals surface area contributed by atoms with Crippen LogP contribution in [-0.2, 0) is 6.54 Å². The topological polar surface area (TPSA) is 50.2 Å². The summed E-state index contributed by atoms with van der Waals surface area (Å²) in [4.78, 5) is 15.3. The lowest BCUT2D eigenvalue weighted by Gasteiger charge is -2.38. The standard InChI is InChI=1S/C24H26N4O/c1-15-8-10-18(11-9-15)14-27-17(3)22(16(2)26-27)23-25-21-7-5-4-6-20(21)24(29)28(23)19-12-13-19/h4-11,19,23,25H,12-14H2,1-3H3/t23-/m1/s1. The van der Waals surface area contributed by atoms with E-state index in [4.69, 9.17) is 5.10 Å². The maximum absolute atomic E-state index is 13.3. The number of aromatic nitrogens is 2. The number of benzene rings is 2. The van der Waals surface area contributed by atoms with Gasteiger partial charge < -0.3 is 10.2 Å². The van der Waals surface area contributed by atoms with E-state index in [0.29, 0.717) is 6.04 Å². The molecular weight excluding hydrogens is 360 g/mol. The zero-order chi connectivity index (χ0) is 20.1. The number of carbonyl (C=O) groups is 1. The quantitative estimate of drug-likeness (QED) is 0.714. The van der Waals surface area contributed by atoms with Crippen molar-refractivity contribution in [1.82, 2.24) is 14.7 Å². The normalized spacial score (nSPS) is 18.5. The number of para-hydroxylation sites is 1. The molecular formula is C24H26N4O. The molecule has 0 unspecified atom stereocenters. The second-order valence-corrected chi connectivity index (χ2v) is 8.26. The highest BCUT2D eigenvalue weighted by Crippen LogP contribution is 2.42. The molecule has 0 saturated heterocycles. The van der Waals surface area contributed by atoms with Gasteiger partial charge in [-0.05, 0) is 51.3 Å². The van der Waals surface area contributed by atoms with E-state index in [1.54, 1.807) is 0 Å². The lowest BCUT2D eigenvalue weighted by atomic mass is 10.0. The van der Waals surface area contributed by atoms with E-state index in [-0.39, 0.29) is 12.1 Å². The molecule has 1 N–H and O–H groups in total. The van der Waals surface area contributed by atoms with Gasteiger partial charge in [0.1, 0.15) is 6.17 Å². The summed E-state index contributed by atoms with van der Waals surface area (Å²) in [5, 5.41) is 8.47. The molecule has 5 nitrogen and oxygen atoms in total. The number of nitrogens with zero attached hydrogens (tertiary/aromatic N) is 3. The van der Waals surface area contributed by atoms with Crippen molar-refractivity contribution < 1.29 is 4.79 Å². The highest BCUT2D eigenvalue weighted by Gasteiger charge is 2.43. The molecule has 29 heavy (non-hydrogen) atoms. The van der Waals surface area contributed by atoms with Crippen molar-refractivity contribution in [2.24, 2.45) is 0 Å². The van der Waals surface area contributed by atoms with Crippen LogP contribution in [0.15, 0.2) is 48.5 Å². The van der Waals surface area contributed by atoms with E-state index in [2.05, 4.69) is 48.1 Å². The smallest absolute Gasteiger partial charge is 0.258 e. The van der Waals surface area contributed by atoms with Crippen molar-refractivity contribution in [3.63, 3.8) is 0 Å². The van der Waals surface area contributed by atoms with Crippen LogP contribution in [0.5, 0.6) is 0 Å². The van der Waals surface area contributed by atoms with Crippen molar-refractivity contribution >= 4 is 11.6 Å². The van der Waals surface area contributed by atoms with Crippen LogP contribution in [0.1, 0.15) is 57.4 Å². The summed E-state index contributed by atoms with van der Waals surface area (Å²) < 4.78 is 2.06. The molecule has 2 heterocycles. The Hall–Kier alpha value is -3.08. The number of nitrogens with one attached hydrogen (secondary N) is 1. The van der Waals surface area contributed by atoms with Crippen LogP contribution in [0, 0.1) is 20.8 Å². The third-order valence-corrected chi connectivity index (χ3v) is 6.07. The molecule has 5 rings (SSSR count). The Morgan fingerprint density at radius 3 is 2.48 bits per heavy atom. The van der Waals surface area contributed by atoms with Crippen molar-refractivity contribution in [2.75, 3.05) is 5.32 Å². The fourth-order valence-corrected chi connectivity index (χ4v) is 4.34. The van der Waals surface area contributed by atoms with E-state index in [1.807, 2.05) is 36.1 Å². The van der Waals surface area contributed by atoms with Crippen LogP contribution in [0.2, 0.25) is 0 Å². The summed E-state index contributed by atoms with van der Waals surface area (Å²) in [6, 6.07) is 16.7. The largest absolute Gasteiger partial charge is 0.361 e. The Balaban J connectivity index is 1.53. The Morgan fingerprint density at radius 2 is 1.76 bits per heavy atom. The van der Waals surface area contributed by atoms with Crippen molar-refractivity contribution in [2.45, 2.75) is 52.4 Å². The molecule has 0 radical (unpaired) electrons. The summed E-state index contributed by atoms with van der Waals surface area (Å²) >= 11 is 0. The molecule has 1 amide bonds. The van der Waals surface area contributed by atoms with Gasteiger partial charge in [0.25, 0.3) is 5.91 Å². The Kier molecular flexibility index (Phi) is 4.19. The van der Waals surface area contributed by atoms with Crippen LogP contribution in [-0.4, -0.2) is 26.6 Å². The van der Waals surface area contributed by atoms with E-state index < -0.39 is 0 Å². The molecule has 1 aliphatic heterocycles. The lowest BCUT2D eigenvalue weighted by molar-refractivity contribution is 0.0665. The Labute approximate surface area is 171 Å². The fraction of sp³-hybridized carbons (Fsp3) is 0.333. The van der Waals surface area contributed by atoms with Gasteiger partial charge in [-0.25, -0.2) is 0 Å². The SMILES string of the molecule is Cc1ccc(Cn2nc(C)c([C@@H]3Nc4ccccc4C(=O)N3C3CC3)c2C)cc1. The summed E-state index contributed by atoms with van der Waals surface area (Å²) in [6.07, 6.45) is 1.97. The first-order chi connectivity index (χ1) is 14.0. The number of rotatable bonds is 4. The Morgan fingerprint density at radius 1 is 1.03 bits per heavy atom. The maximum atomic E-state index is 13.3. The molecule has 5 heteroatoms. The summed E-state index contributed by atoms with van der Waals surface area (Å²) in [6.45, 7) is 6.99. The number of fused-ring (bicyclic) bond motifs is 1. The average molecular weight is 386 g/mol. The molecule has 3 aromatic rings. The van der Waals surface area contributed by atoms with Crippen molar-refractivity contribution in [3.8, 4) is 0 Å².